The number of hydrogen-bond donors (Lipinski definition) is 1. The molecule has 1 unspecified atom stereocenters. The van der Waals surface area contributed by atoms with Crippen molar-refractivity contribution in [2.24, 2.45) is 5.92 Å². The number of nitrogens with zero attached hydrogens (tertiary/aromatic N) is 7. The van der Waals surface area contributed by atoms with E-state index in [-0.39, 0.29) is 5.95 Å². The van der Waals surface area contributed by atoms with E-state index < -0.39 is 5.60 Å². The maximum Gasteiger partial charge on any atom is 0.219 e. The summed E-state index contributed by atoms with van der Waals surface area (Å²) in [5, 5.41) is 0. The molecule has 3 aromatic rings. The summed E-state index contributed by atoms with van der Waals surface area (Å²) >= 11 is 0. The van der Waals surface area contributed by atoms with Crippen molar-refractivity contribution < 1.29 is 4.74 Å². The van der Waals surface area contributed by atoms with Gasteiger partial charge in [0.25, 0.3) is 0 Å². The normalized spacial score (nSPS) is 22.2. The Kier molecular flexibility index (Phi) is 3.33. The highest BCUT2D eigenvalue weighted by Gasteiger charge is 2.37. The maximum atomic E-state index is 5.97. The van der Waals surface area contributed by atoms with Crippen LogP contribution in [-0.4, -0.2) is 42.6 Å². The van der Waals surface area contributed by atoms with Gasteiger partial charge in [0.2, 0.25) is 5.95 Å². The van der Waals surface area contributed by atoms with Gasteiger partial charge in [-0.05, 0) is 32.6 Å². The molecule has 3 aliphatic rings. The molecule has 0 saturated carbocycles. The van der Waals surface area contributed by atoms with Crippen LogP contribution < -0.4 is 10.6 Å². The van der Waals surface area contributed by atoms with E-state index in [1.54, 1.807) is 12.4 Å². The Morgan fingerprint density at radius 1 is 1.17 bits per heavy atom. The molecule has 0 amide bonds. The van der Waals surface area contributed by atoms with Crippen LogP contribution in [0.5, 0.6) is 0 Å². The zero-order valence-corrected chi connectivity index (χ0v) is 16.5. The van der Waals surface area contributed by atoms with Crippen LogP contribution in [-0.2, 0) is 16.9 Å². The van der Waals surface area contributed by atoms with Crippen LogP contribution in [0.1, 0.15) is 32.5 Å². The number of ether oxygens (including phenoxy) is 1. The molecular formula is C20H22N8O. The van der Waals surface area contributed by atoms with Crippen molar-refractivity contribution in [3.05, 3.63) is 30.0 Å². The highest BCUT2D eigenvalue weighted by atomic mass is 16.5. The first-order chi connectivity index (χ1) is 14.0. The molecule has 0 radical (unpaired) electrons. The highest BCUT2D eigenvalue weighted by Crippen LogP contribution is 2.41. The Morgan fingerprint density at radius 2 is 2.00 bits per heavy atom. The van der Waals surface area contributed by atoms with Crippen LogP contribution >= 0.6 is 0 Å². The Morgan fingerprint density at radius 3 is 2.72 bits per heavy atom. The summed E-state index contributed by atoms with van der Waals surface area (Å²) in [6.45, 7) is 6.38. The molecule has 2 aliphatic heterocycles. The molecule has 0 aromatic carbocycles. The Hall–Kier alpha value is -3.07. The summed E-state index contributed by atoms with van der Waals surface area (Å²) in [4.78, 5) is 25.3. The molecule has 9 heteroatoms. The number of piperidine rings is 1. The second-order valence-electron chi connectivity index (χ2n) is 8.39. The number of allylic oxidation sites excluding steroid dienone is 1. The molecule has 0 saturated heterocycles. The third-order valence-corrected chi connectivity index (χ3v) is 6.04. The molecule has 0 spiro atoms. The van der Waals surface area contributed by atoms with E-state index in [9.17, 15) is 0 Å². The van der Waals surface area contributed by atoms with E-state index in [0.717, 1.165) is 41.3 Å². The standard InChI is InChI=1S/C20H22N8O/c1-20(2)18-24-14-16(27(18)5-6-29-20)25-15(12-8-22-19(21)23-9-12)26-17(14)28-10-11-3-4-13(28)7-11/h7-9,11H,3-6,10H2,1-2H3,(H2,21,22,23). The smallest absolute Gasteiger partial charge is 0.219 e. The summed E-state index contributed by atoms with van der Waals surface area (Å²) in [5.41, 5.74) is 8.92. The predicted molar refractivity (Wildman–Crippen MR) is 108 cm³/mol. The molecule has 2 bridgehead atoms. The van der Waals surface area contributed by atoms with Crippen LogP contribution in [0.15, 0.2) is 24.2 Å². The minimum absolute atomic E-state index is 0.234. The Labute approximate surface area is 167 Å². The van der Waals surface area contributed by atoms with Crippen LogP contribution in [0.25, 0.3) is 22.6 Å². The Bertz CT molecular complexity index is 1160. The van der Waals surface area contributed by atoms with Gasteiger partial charge in [-0.15, -0.1) is 0 Å². The monoisotopic (exact) mass is 390 g/mol. The van der Waals surface area contributed by atoms with Gasteiger partial charge in [-0.3, -0.25) is 0 Å². The predicted octanol–water partition coefficient (Wildman–Crippen LogP) is 2.24. The van der Waals surface area contributed by atoms with E-state index in [0.29, 0.717) is 24.9 Å². The van der Waals surface area contributed by atoms with Crippen LogP contribution in [0.4, 0.5) is 11.8 Å². The summed E-state index contributed by atoms with van der Waals surface area (Å²) in [6.07, 6.45) is 8.01. The van der Waals surface area contributed by atoms with E-state index in [4.69, 9.17) is 25.4 Å². The fourth-order valence-electron chi connectivity index (χ4n) is 4.60. The number of aromatic nitrogens is 6. The first-order valence-corrected chi connectivity index (χ1v) is 9.98. The van der Waals surface area contributed by atoms with Gasteiger partial charge in [0.15, 0.2) is 22.8 Å². The van der Waals surface area contributed by atoms with Crippen LogP contribution in [0.3, 0.4) is 0 Å². The number of anilines is 2. The molecule has 1 atom stereocenters. The van der Waals surface area contributed by atoms with Gasteiger partial charge in [-0.2, -0.15) is 0 Å². The summed E-state index contributed by atoms with van der Waals surface area (Å²) in [6, 6.07) is 0. The van der Waals surface area contributed by atoms with E-state index >= 15 is 0 Å². The zero-order valence-electron chi connectivity index (χ0n) is 16.5. The van der Waals surface area contributed by atoms with Crippen LogP contribution in [0.2, 0.25) is 0 Å². The van der Waals surface area contributed by atoms with Gasteiger partial charge < -0.3 is 19.9 Å². The first-order valence-electron chi connectivity index (χ1n) is 9.98. The summed E-state index contributed by atoms with van der Waals surface area (Å²) < 4.78 is 8.13. The van der Waals surface area contributed by atoms with Crippen molar-refractivity contribution in [1.82, 2.24) is 29.5 Å². The van der Waals surface area contributed by atoms with Crippen molar-refractivity contribution >= 4 is 22.9 Å². The molecule has 5 heterocycles. The summed E-state index contributed by atoms with van der Waals surface area (Å²) in [7, 11) is 0. The lowest BCUT2D eigenvalue weighted by Gasteiger charge is -2.30. The molecule has 2 N–H and O–H groups in total. The Balaban J connectivity index is 1.61. The number of nitrogen functional groups attached to an aromatic ring is 1. The highest BCUT2D eigenvalue weighted by molar-refractivity contribution is 5.87. The minimum atomic E-state index is -0.468. The molecule has 6 rings (SSSR count). The quantitative estimate of drug-likeness (QED) is 0.710. The van der Waals surface area contributed by atoms with Crippen molar-refractivity contribution in [2.75, 3.05) is 23.8 Å². The average Bonchev–Trinajstić information content (AvgIpc) is 3.42. The van der Waals surface area contributed by atoms with Gasteiger partial charge in [0.1, 0.15) is 11.4 Å². The third kappa shape index (κ3) is 2.46. The van der Waals surface area contributed by atoms with Gasteiger partial charge in [0, 0.05) is 31.2 Å². The van der Waals surface area contributed by atoms with E-state index in [1.165, 1.54) is 12.1 Å². The molecule has 148 valence electrons. The second kappa shape index (κ2) is 5.73. The zero-order chi connectivity index (χ0) is 19.8. The van der Waals surface area contributed by atoms with Crippen molar-refractivity contribution in [2.45, 2.75) is 38.8 Å². The molecule has 1 aliphatic carbocycles. The molecular weight excluding hydrogens is 368 g/mol. The largest absolute Gasteiger partial charge is 0.368 e. The number of fused-ring (bicyclic) bond motifs is 4. The van der Waals surface area contributed by atoms with Gasteiger partial charge >= 0.3 is 0 Å². The molecule has 29 heavy (non-hydrogen) atoms. The molecule has 9 nitrogen and oxygen atoms in total. The topological polar surface area (TPSA) is 108 Å². The van der Waals surface area contributed by atoms with Gasteiger partial charge in [-0.1, -0.05) is 6.08 Å². The van der Waals surface area contributed by atoms with Gasteiger partial charge in [0.05, 0.1) is 12.2 Å². The fourth-order valence-corrected chi connectivity index (χ4v) is 4.60. The third-order valence-electron chi connectivity index (χ3n) is 6.04. The summed E-state index contributed by atoms with van der Waals surface area (Å²) in [5.74, 6) is 3.15. The lowest BCUT2D eigenvalue weighted by molar-refractivity contribution is -0.0530. The lowest BCUT2D eigenvalue weighted by Crippen LogP contribution is -2.33. The minimum Gasteiger partial charge on any atom is -0.368 e. The van der Waals surface area contributed by atoms with Crippen molar-refractivity contribution in [1.29, 1.82) is 0 Å². The van der Waals surface area contributed by atoms with Crippen LogP contribution in [0, 0.1) is 5.92 Å². The number of imidazole rings is 1. The number of nitrogens with two attached hydrogens (primary N) is 1. The molecule has 0 fully saturated rings. The number of hydrogen-bond acceptors (Lipinski definition) is 8. The van der Waals surface area contributed by atoms with Crippen molar-refractivity contribution in [3.8, 4) is 11.4 Å². The van der Waals surface area contributed by atoms with Crippen molar-refractivity contribution in [3.63, 3.8) is 0 Å². The first kappa shape index (κ1) is 16.8. The SMILES string of the molecule is CC1(C)OCCn2c1nc1c(N3CC4C=C3CC4)nc(-c3cnc(N)nc3)nc12. The lowest BCUT2D eigenvalue weighted by atomic mass is 10.1. The average molecular weight is 390 g/mol. The van der Waals surface area contributed by atoms with E-state index in [1.807, 2.05) is 13.8 Å². The van der Waals surface area contributed by atoms with E-state index in [2.05, 4.69) is 25.5 Å². The van der Waals surface area contributed by atoms with Gasteiger partial charge in [-0.25, -0.2) is 24.9 Å². The number of rotatable bonds is 2. The second-order valence-corrected chi connectivity index (χ2v) is 8.39. The maximum absolute atomic E-state index is 5.97. The fraction of sp³-hybridized carbons (Fsp3) is 0.450. The molecule has 3 aromatic heterocycles.